The van der Waals surface area contributed by atoms with Gasteiger partial charge in [-0.3, -0.25) is 4.79 Å². The molecular formula is C12H13NO4. The Labute approximate surface area is 98.9 Å². The number of esters is 1. The summed E-state index contributed by atoms with van der Waals surface area (Å²) < 4.78 is 10.1. The van der Waals surface area contributed by atoms with Crippen molar-refractivity contribution in [3.63, 3.8) is 0 Å². The first-order valence-electron chi connectivity index (χ1n) is 5.30. The standard InChI is InChI=1S/C12H13NO4/c1-16-10-5-3-2-4-9(10)12(15)17-8-13-7-6-11(13)14/h2-5H,6-8H2,1H3. The first-order valence-corrected chi connectivity index (χ1v) is 5.30. The van der Waals surface area contributed by atoms with Crippen molar-refractivity contribution in [1.82, 2.24) is 4.90 Å². The molecule has 0 atom stereocenters. The summed E-state index contributed by atoms with van der Waals surface area (Å²) in [4.78, 5) is 24.2. The van der Waals surface area contributed by atoms with E-state index < -0.39 is 5.97 Å². The average Bonchev–Trinajstić information content (AvgIpc) is 2.36. The van der Waals surface area contributed by atoms with Crippen molar-refractivity contribution in [2.24, 2.45) is 0 Å². The van der Waals surface area contributed by atoms with Gasteiger partial charge in [0.15, 0.2) is 6.73 Å². The Morgan fingerprint density at radius 3 is 2.76 bits per heavy atom. The topological polar surface area (TPSA) is 55.8 Å². The molecule has 1 fully saturated rings. The molecule has 1 aliphatic rings. The fourth-order valence-electron chi connectivity index (χ4n) is 1.53. The molecule has 0 aliphatic carbocycles. The third-order valence-corrected chi connectivity index (χ3v) is 2.63. The smallest absolute Gasteiger partial charge is 0.343 e. The summed E-state index contributed by atoms with van der Waals surface area (Å²) in [5.41, 5.74) is 0.364. The zero-order valence-corrected chi connectivity index (χ0v) is 9.51. The molecule has 1 saturated heterocycles. The number of para-hydroxylation sites is 1. The van der Waals surface area contributed by atoms with E-state index in [0.717, 1.165) is 0 Å². The van der Waals surface area contributed by atoms with E-state index in [-0.39, 0.29) is 12.6 Å². The fraction of sp³-hybridized carbons (Fsp3) is 0.333. The molecule has 5 nitrogen and oxygen atoms in total. The first kappa shape index (κ1) is 11.4. The highest BCUT2D eigenvalue weighted by Gasteiger charge is 2.25. The van der Waals surface area contributed by atoms with Crippen LogP contribution in [0.15, 0.2) is 24.3 Å². The van der Waals surface area contributed by atoms with Crippen LogP contribution in [0.1, 0.15) is 16.8 Å². The van der Waals surface area contributed by atoms with Gasteiger partial charge in [-0.25, -0.2) is 4.79 Å². The van der Waals surface area contributed by atoms with Crippen LogP contribution in [-0.2, 0) is 9.53 Å². The van der Waals surface area contributed by atoms with Gasteiger partial charge < -0.3 is 14.4 Å². The van der Waals surface area contributed by atoms with Gasteiger partial charge in [0, 0.05) is 13.0 Å². The number of likely N-dealkylation sites (tertiary alicyclic amines) is 1. The van der Waals surface area contributed by atoms with Crippen LogP contribution in [0.4, 0.5) is 0 Å². The quantitative estimate of drug-likeness (QED) is 0.578. The predicted molar refractivity (Wildman–Crippen MR) is 59.6 cm³/mol. The maximum Gasteiger partial charge on any atom is 0.343 e. The average molecular weight is 235 g/mol. The summed E-state index contributed by atoms with van der Waals surface area (Å²) in [6.45, 7) is 0.660. The Morgan fingerprint density at radius 1 is 1.41 bits per heavy atom. The van der Waals surface area contributed by atoms with Gasteiger partial charge in [-0.15, -0.1) is 0 Å². The van der Waals surface area contributed by atoms with Crippen molar-refractivity contribution < 1.29 is 19.1 Å². The third kappa shape index (κ3) is 2.38. The van der Waals surface area contributed by atoms with E-state index in [2.05, 4.69) is 0 Å². The number of rotatable bonds is 4. The van der Waals surface area contributed by atoms with Gasteiger partial charge in [0.1, 0.15) is 11.3 Å². The summed E-state index contributed by atoms with van der Waals surface area (Å²) >= 11 is 0. The lowest BCUT2D eigenvalue weighted by molar-refractivity contribution is -0.144. The molecule has 1 aromatic carbocycles. The number of ether oxygens (including phenoxy) is 2. The van der Waals surface area contributed by atoms with Crippen LogP contribution >= 0.6 is 0 Å². The molecule has 1 aliphatic heterocycles. The highest BCUT2D eigenvalue weighted by atomic mass is 16.5. The number of amides is 1. The number of hydrogen-bond donors (Lipinski definition) is 0. The summed E-state index contributed by atoms with van der Waals surface area (Å²) in [5, 5.41) is 0. The van der Waals surface area contributed by atoms with E-state index in [9.17, 15) is 9.59 Å². The Balaban J connectivity index is 1.97. The molecule has 0 bridgehead atoms. The van der Waals surface area contributed by atoms with E-state index in [4.69, 9.17) is 9.47 Å². The van der Waals surface area contributed by atoms with E-state index in [1.165, 1.54) is 12.0 Å². The third-order valence-electron chi connectivity index (χ3n) is 2.63. The highest BCUT2D eigenvalue weighted by Crippen LogP contribution is 2.18. The second kappa shape index (κ2) is 4.86. The summed E-state index contributed by atoms with van der Waals surface area (Å²) in [5.74, 6) is -0.00703. The predicted octanol–water partition coefficient (Wildman–Crippen LogP) is 1.04. The maximum absolute atomic E-state index is 11.7. The monoisotopic (exact) mass is 235 g/mol. The van der Waals surface area contributed by atoms with Crippen LogP contribution in [0, 0.1) is 0 Å². The lowest BCUT2D eigenvalue weighted by atomic mass is 10.2. The molecule has 1 amide bonds. The van der Waals surface area contributed by atoms with Crippen molar-refractivity contribution in [3.8, 4) is 5.75 Å². The van der Waals surface area contributed by atoms with Crippen molar-refractivity contribution in [2.75, 3.05) is 20.4 Å². The maximum atomic E-state index is 11.7. The van der Waals surface area contributed by atoms with Crippen molar-refractivity contribution in [1.29, 1.82) is 0 Å². The van der Waals surface area contributed by atoms with E-state index in [1.54, 1.807) is 24.3 Å². The molecule has 0 saturated carbocycles. The summed E-state index contributed by atoms with van der Waals surface area (Å²) in [7, 11) is 1.49. The Hall–Kier alpha value is -2.04. The normalized spacial score (nSPS) is 14.2. The minimum Gasteiger partial charge on any atom is -0.496 e. The van der Waals surface area contributed by atoms with Crippen LogP contribution in [0.3, 0.4) is 0 Å². The van der Waals surface area contributed by atoms with Crippen molar-refractivity contribution in [2.45, 2.75) is 6.42 Å². The number of hydrogen-bond acceptors (Lipinski definition) is 4. The van der Waals surface area contributed by atoms with E-state index >= 15 is 0 Å². The molecule has 0 spiro atoms. The van der Waals surface area contributed by atoms with Gasteiger partial charge in [-0.2, -0.15) is 0 Å². The van der Waals surface area contributed by atoms with Crippen LogP contribution in [-0.4, -0.2) is 37.2 Å². The summed E-state index contributed by atoms with van der Waals surface area (Å²) in [6, 6.07) is 6.81. The number of methoxy groups -OCH3 is 1. The first-order chi connectivity index (χ1) is 8.22. The Morgan fingerprint density at radius 2 is 2.18 bits per heavy atom. The van der Waals surface area contributed by atoms with Gasteiger partial charge in [0.05, 0.1) is 7.11 Å². The molecule has 0 radical (unpaired) electrons. The number of nitrogens with zero attached hydrogens (tertiary/aromatic N) is 1. The molecule has 90 valence electrons. The summed E-state index contributed by atoms with van der Waals surface area (Å²) in [6.07, 6.45) is 0.534. The molecule has 0 unspecified atom stereocenters. The number of carbonyl (C=O) groups excluding carboxylic acids is 2. The molecule has 2 rings (SSSR count). The second-order valence-corrected chi connectivity index (χ2v) is 3.67. The van der Waals surface area contributed by atoms with Crippen LogP contribution < -0.4 is 4.74 Å². The van der Waals surface area contributed by atoms with Gasteiger partial charge in [-0.05, 0) is 12.1 Å². The molecular weight excluding hydrogens is 222 g/mol. The fourth-order valence-corrected chi connectivity index (χ4v) is 1.53. The lowest BCUT2D eigenvalue weighted by Crippen LogP contribution is -2.44. The van der Waals surface area contributed by atoms with Crippen LogP contribution in [0.5, 0.6) is 5.75 Å². The molecule has 17 heavy (non-hydrogen) atoms. The number of benzene rings is 1. The Kier molecular flexibility index (Phi) is 3.27. The number of carbonyl (C=O) groups is 2. The van der Waals surface area contributed by atoms with Crippen molar-refractivity contribution >= 4 is 11.9 Å². The second-order valence-electron chi connectivity index (χ2n) is 3.67. The molecule has 0 N–H and O–H groups in total. The minimum absolute atomic E-state index is 0.00964. The van der Waals surface area contributed by atoms with Crippen molar-refractivity contribution in [3.05, 3.63) is 29.8 Å². The van der Waals surface area contributed by atoms with E-state index in [1.807, 2.05) is 0 Å². The molecule has 1 aromatic rings. The van der Waals surface area contributed by atoms with Gasteiger partial charge in [0.25, 0.3) is 0 Å². The van der Waals surface area contributed by atoms with Crippen LogP contribution in [0.2, 0.25) is 0 Å². The van der Waals surface area contributed by atoms with Gasteiger partial charge in [-0.1, -0.05) is 12.1 Å². The Bertz CT molecular complexity index is 444. The largest absolute Gasteiger partial charge is 0.496 e. The van der Waals surface area contributed by atoms with Gasteiger partial charge >= 0.3 is 5.97 Å². The van der Waals surface area contributed by atoms with Gasteiger partial charge in [0.2, 0.25) is 5.91 Å². The molecule has 5 heteroatoms. The number of β-lactam (4-membered cyclic amide) rings is 1. The van der Waals surface area contributed by atoms with Crippen LogP contribution in [0.25, 0.3) is 0 Å². The SMILES string of the molecule is COc1ccccc1C(=O)OCN1CCC1=O. The molecule has 1 heterocycles. The minimum atomic E-state index is -0.484. The highest BCUT2D eigenvalue weighted by molar-refractivity contribution is 5.92. The zero-order valence-electron chi connectivity index (χ0n) is 9.51. The van der Waals surface area contributed by atoms with E-state index in [0.29, 0.717) is 24.3 Å². The molecule has 0 aromatic heterocycles. The lowest BCUT2D eigenvalue weighted by Gasteiger charge is -2.29. The zero-order chi connectivity index (χ0) is 12.3.